The number of alkyl halides is 3. The Kier molecular flexibility index (Phi) is 4.92. The van der Waals surface area contributed by atoms with Gasteiger partial charge < -0.3 is 10.1 Å². The molecule has 2 rings (SSSR count). The second-order valence-electron chi connectivity index (χ2n) is 4.29. The van der Waals surface area contributed by atoms with Crippen molar-refractivity contribution in [3.8, 4) is 5.75 Å². The lowest BCUT2D eigenvalue weighted by Crippen LogP contribution is -2.05. The average Bonchev–Trinajstić information content (AvgIpc) is 2.48. The number of benzene rings is 1. The van der Waals surface area contributed by atoms with Gasteiger partial charge in [0.05, 0.1) is 23.4 Å². The van der Waals surface area contributed by atoms with Crippen molar-refractivity contribution in [2.24, 2.45) is 0 Å². The van der Waals surface area contributed by atoms with Crippen LogP contribution >= 0.6 is 11.6 Å². The van der Waals surface area contributed by atoms with Crippen LogP contribution in [0.3, 0.4) is 0 Å². The molecule has 7 heteroatoms. The summed E-state index contributed by atoms with van der Waals surface area (Å²) in [5, 5.41) is 2.89. The Morgan fingerprint density at radius 1 is 1.23 bits per heavy atom. The number of hydrogen-bond acceptors (Lipinski definition) is 3. The van der Waals surface area contributed by atoms with Crippen molar-refractivity contribution in [1.82, 2.24) is 4.98 Å². The second kappa shape index (κ2) is 6.70. The maximum absolute atomic E-state index is 12.5. The number of nitrogens with one attached hydrogen (secondary N) is 1. The van der Waals surface area contributed by atoms with Crippen LogP contribution in [0.5, 0.6) is 5.75 Å². The Bertz CT molecular complexity index is 669. The van der Waals surface area contributed by atoms with E-state index in [1.54, 1.807) is 37.6 Å². The zero-order chi connectivity index (χ0) is 16.2. The maximum atomic E-state index is 12.5. The third kappa shape index (κ3) is 4.14. The zero-order valence-corrected chi connectivity index (χ0v) is 12.2. The summed E-state index contributed by atoms with van der Waals surface area (Å²) in [6, 6.07) is 8.00. The van der Waals surface area contributed by atoms with Crippen LogP contribution in [0.2, 0.25) is 5.02 Å². The van der Waals surface area contributed by atoms with Crippen molar-refractivity contribution >= 4 is 23.4 Å². The largest absolute Gasteiger partial charge is 0.497 e. The minimum absolute atomic E-state index is 0.0670. The lowest BCUT2D eigenvalue weighted by atomic mass is 10.2. The molecule has 1 aromatic heterocycles. The van der Waals surface area contributed by atoms with Gasteiger partial charge in [0.25, 0.3) is 0 Å². The lowest BCUT2D eigenvalue weighted by molar-refractivity contribution is -0.137. The number of methoxy groups -OCH3 is 1. The summed E-state index contributed by atoms with van der Waals surface area (Å²) in [6.07, 6.45) is -0.671. The van der Waals surface area contributed by atoms with E-state index >= 15 is 0 Å². The van der Waals surface area contributed by atoms with Gasteiger partial charge in [-0.15, -0.1) is 0 Å². The number of rotatable bonds is 4. The van der Waals surface area contributed by atoms with Gasteiger partial charge in [-0.1, -0.05) is 11.6 Å². The molecule has 0 bridgehead atoms. The molecule has 0 unspecified atom stereocenters. The lowest BCUT2D eigenvalue weighted by Gasteiger charge is -2.07. The second-order valence-corrected chi connectivity index (χ2v) is 4.70. The van der Waals surface area contributed by atoms with E-state index < -0.39 is 11.7 Å². The normalized spacial score (nSPS) is 11.7. The number of nitrogens with zero attached hydrogens (tertiary/aromatic N) is 1. The summed E-state index contributed by atoms with van der Waals surface area (Å²) in [5.74, 6) is 0.724. The van der Waals surface area contributed by atoms with Crippen molar-refractivity contribution in [2.75, 3.05) is 12.4 Å². The van der Waals surface area contributed by atoms with E-state index in [0.29, 0.717) is 0 Å². The molecule has 0 spiro atoms. The summed E-state index contributed by atoms with van der Waals surface area (Å²) in [6.45, 7) is 0. The van der Waals surface area contributed by atoms with Crippen molar-refractivity contribution in [2.45, 2.75) is 6.18 Å². The number of pyridine rings is 1. The van der Waals surface area contributed by atoms with Crippen LogP contribution in [0, 0.1) is 0 Å². The molecule has 0 amide bonds. The van der Waals surface area contributed by atoms with Gasteiger partial charge in [-0.25, -0.2) is 0 Å². The molecule has 0 saturated carbocycles. The fourth-order valence-electron chi connectivity index (χ4n) is 1.63. The number of hydrogen-bond donors (Lipinski definition) is 1. The molecule has 0 atom stereocenters. The van der Waals surface area contributed by atoms with Gasteiger partial charge in [0.2, 0.25) is 0 Å². The van der Waals surface area contributed by atoms with Crippen LogP contribution in [-0.4, -0.2) is 12.1 Å². The molecule has 0 aliphatic rings. The van der Waals surface area contributed by atoms with Crippen molar-refractivity contribution in [3.63, 3.8) is 0 Å². The van der Waals surface area contributed by atoms with Crippen molar-refractivity contribution < 1.29 is 17.9 Å². The molecule has 0 radical (unpaired) electrons. The Balaban J connectivity index is 2.06. The highest BCUT2D eigenvalue weighted by molar-refractivity contribution is 6.31. The molecular formula is C15H12ClF3N2O. The van der Waals surface area contributed by atoms with E-state index in [1.165, 1.54) is 6.08 Å². The van der Waals surface area contributed by atoms with Crippen LogP contribution in [0.1, 0.15) is 11.3 Å². The Labute approximate surface area is 130 Å². The van der Waals surface area contributed by atoms with Crippen molar-refractivity contribution in [1.29, 1.82) is 0 Å². The van der Waals surface area contributed by atoms with Crippen LogP contribution in [0.15, 0.2) is 42.7 Å². The third-order valence-corrected chi connectivity index (χ3v) is 3.08. The molecule has 0 saturated heterocycles. The maximum Gasteiger partial charge on any atom is 0.417 e. The van der Waals surface area contributed by atoms with E-state index in [4.69, 9.17) is 16.3 Å². The first-order valence-electron chi connectivity index (χ1n) is 6.20. The summed E-state index contributed by atoms with van der Waals surface area (Å²) >= 11 is 5.80. The van der Waals surface area contributed by atoms with E-state index in [0.717, 1.165) is 23.7 Å². The van der Waals surface area contributed by atoms with Crippen LogP contribution < -0.4 is 10.1 Å². The summed E-state index contributed by atoms with van der Waals surface area (Å²) in [5.41, 5.74) is 0.161. The molecule has 2 aromatic rings. The summed E-state index contributed by atoms with van der Waals surface area (Å²) < 4.78 is 42.5. The molecule has 1 N–H and O–H groups in total. The molecule has 0 aliphatic heterocycles. The average molecular weight is 329 g/mol. The van der Waals surface area contributed by atoms with Gasteiger partial charge in [-0.05, 0) is 36.4 Å². The predicted molar refractivity (Wildman–Crippen MR) is 79.9 cm³/mol. The van der Waals surface area contributed by atoms with Crippen LogP contribution in [-0.2, 0) is 6.18 Å². The minimum Gasteiger partial charge on any atom is -0.497 e. The van der Waals surface area contributed by atoms with Crippen LogP contribution in [0.4, 0.5) is 18.9 Å². The summed E-state index contributed by atoms with van der Waals surface area (Å²) in [4.78, 5) is 3.70. The topological polar surface area (TPSA) is 34.1 Å². The van der Waals surface area contributed by atoms with E-state index in [-0.39, 0.29) is 10.7 Å². The van der Waals surface area contributed by atoms with E-state index in [9.17, 15) is 13.2 Å². The first kappa shape index (κ1) is 16.2. The molecule has 3 nitrogen and oxygen atoms in total. The smallest absolute Gasteiger partial charge is 0.417 e. The highest BCUT2D eigenvalue weighted by atomic mass is 35.5. The molecule has 0 fully saturated rings. The number of anilines is 1. The molecule has 1 aromatic carbocycles. The first-order valence-corrected chi connectivity index (χ1v) is 6.58. The molecule has 22 heavy (non-hydrogen) atoms. The number of ether oxygens (including phenoxy) is 1. The Morgan fingerprint density at radius 2 is 1.91 bits per heavy atom. The Morgan fingerprint density at radius 3 is 2.45 bits per heavy atom. The van der Waals surface area contributed by atoms with Gasteiger partial charge >= 0.3 is 6.18 Å². The minimum atomic E-state index is -4.46. The third-order valence-electron chi connectivity index (χ3n) is 2.78. The first-order chi connectivity index (χ1) is 10.4. The standard InChI is InChI=1S/C15H12ClF3N2O/c1-22-12-4-2-11(3-5-12)20-7-6-14-13(16)8-10(9-21-14)15(17,18)19/h2-9,20H,1H3/b7-6+. The number of aromatic nitrogens is 1. The highest BCUT2D eigenvalue weighted by Crippen LogP contribution is 2.31. The van der Waals surface area contributed by atoms with Gasteiger partial charge in [0.15, 0.2) is 0 Å². The fraction of sp³-hybridized carbons (Fsp3) is 0.133. The predicted octanol–water partition coefficient (Wildman–Crippen LogP) is 4.85. The SMILES string of the molecule is COc1ccc(N/C=C/c2ncc(C(F)(F)F)cc2Cl)cc1. The highest BCUT2D eigenvalue weighted by Gasteiger charge is 2.31. The fourth-order valence-corrected chi connectivity index (χ4v) is 1.86. The van der Waals surface area contributed by atoms with E-state index in [2.05, 4.69) is 10.3 Å². The molecule has 116 valence electrons. The summed E-state index contributed by atoms with van der Waals surface area (Å²) in [7, 11) is 1.57. The van der Waals surface area contributed by atoms with Gasteiger partial charge in [0, 0.05) is 18.1 Å². The van der Waals surface area contributed by atoms with Crippen LogP contribution in [0.25, 0.3) is 6.08 Å². The molecular weight excluding hydrogens is 317 g/mol. The number of halogens is 4. The van der Waals surface area contributed by atoms with Gasteiger partial charge in [-0.2, -0.15) is 13.2 Å². The Hall–Kier alpha value is -2.21. The van der Waals surface area contributed by atoms with E-state index in [1.807, 2.05) is 0 Å². The molecule has 1 heterocycles. The monoisotopic (exact) mass is 328 g/mol. The molecule has 0 aliphatic carbocycles. The van der Waals surface area contributed by atoms with Gasteiger partial charge in [-0.3, -0.25) is 4.98 Å². The quantitative estimate of drug-likeness (QED) is 0.871. The van der Waals surface area contributed by atoms with Gasteiger partial charge in [0.1, 0.15) is 5.75 Å². The van der Waals surface area contributed by atoms with Crippen molar-refractivity contribution in [3.05, 3.63) is 59.0 Å². The zero-order valence-electron chi connectivity index (χ0n) is 11.5.